The van der Waals surface area contributed by atoms with Crippen molar-refractivity contribution < 1.29 is 22.7 Å². The van der Waals surface area contributed by atoms with Crippen molar-refractivity contribution in [1.29, 1.82) is 0 Å². The van der Waals surface area contributed by atoms with Gasteiger partial charge in [-0.15, -0.1) is 0 Å². The second kappa shape index (κ2) is 9.47. The van der Waals surface area contributed by atoms with Gasteiger partial charge in [-0.1, -0.05) is 60.2 Å². The molecule has 7 heteroatoms. The quantitative estimate of drug-likeness (QED) is 0.369. The van der Waals surface area contributed by atoms with Crippen LogP contribution in [0.4, 0.5) is 18.9 Å². The summed E-state index contributed by atoms with van der Waals surface area (Å²) in [5.74, 6) is -1.53. The van der Waals surface area contributed by atoms with Gasteiger partial charge in [-0.2, -0.15) is 23.3 Å². The molecule has 3 aromatic carbocycles. The Balaban J connectivity index is 1.84. The second-order valence-electron chi connectivity index (χ2n) is 7.00. The number of aryl methyl sites for hydroxylation is 2. The molecule has 0 saturated heterocycles. The first-order chi connectivity index (χ1) is 14.7. The first-order valence-corrected chi connectivity index (χ1v) is 9.53. The van der Waals surface area contributed by atoms with Crippen LogP contribution in [0.25, 0.3) is 0 Å². The Morgan fingerprint density at radius 1 is 1.00 bits per heavy atom. The first kappa shape index (κ1) is 22.1. The van der Waals surface area contributed by atoms with Crippen LogP contribution in [0.15, 0.2) is 77.9 Å². The molecule has 0 aliphatic heterocycles. The molecule has 0 aliphatic rings. The molecule has 3 rings (SSSR count). The summed E-state index contributed by atoms with van der Waals surface area (Å²) in [5, 5.41) is 4.24. The highest BCUT2D eigenvalue weighted by Gasteiger charge is 2.43. The molecule has 0 spiro atoms. The molecule has 0 radical (unpaired) electrons. The standard InChI is InChI=1S/C24H21F3N2O2/c1-17-11-12-22(18(2)13-17)29(23(30)24(25,26)27)28-15-20-9-6-10-21(14-20)31-16-19-7-4-3-5-8-19/h3-15H,16H2,1-2H3/b28-15+. The summed E-state index contributed by atoms with van der Waals surface area (Å²) in [5.41, 5.74) is 2.93. The number of anilines is 1. The van der Waals surface area contributed by atoms with Crippen molar-refractivity contribution in [2.75, 3.05) is 5.01 Å². The number of carbonyl (C=O) groups excluding carboxylic acids is 1. The third-order valence-electron chi connectivity index (χ3n) is 4.44. The van der Waals surface area contributed by atoms with E-state index in [1.165, 1.54) is 12.3 Å². The van der Waals surface area contributed by atoms with Gasteiger partial charge in [0.1, 0.15) is 12.4 Å². The molecule has 0 N–H and O–H groups in total. The topological polar surface area (TPSA) is 41.9 Å². The van der Waals surface area contributed by atoms with E-state index in [1.54, 1.807) is 43.3 Å². The Bertz CT molecular complexity index is 1080. The number of hydrogen-bond acceptors (Lipinski definition) is 3. The minimum atomic E-state index is -5.06. The number of hydrogen-bond donors (Lipinski definition) is 0. The third-order valence-corrected chi connectivity index (χ3v) is 4.44. The van der Waals surface area contributed by atoms with Crippen molar-refractivity contribution in [2.45, 2.75) is 26.6 Å². The highest BCUT2D eigenvalue weighted by Crippen LogP contribution is 2.27. The maximum atomic E-state index is 13.2. The van der Waals surface area contributed by atoms with Crippen molar-refractivity contribution in [3.8, 4) is 5.75 Å². The van der Waals surface area contributed by atoms with E-state index in [9.17, 15) is 18.0 Å². The van der Waals surface area contributed by atoms with Gasteiger partial charge < -0.3 is 4.74 Å². The molecule has 0 saturated carbocycles. The number of alkyl halides is 3. The van der Waals surface area contributed by atoms with Gasteiger partial charge in [0.05, 0.1) is 11.9 Å². The van der Waals surface area contributed by atoms with E-state index in [1.807, 2.05) is 37.3 Å². The van der Waals surface area contributed by atoms with Gasteiger partial charge in [0.25, 0.3) is 0 Å². The lowest BCUT2D eigenvalue weighted by Crippen LogP contribution is -2.38. The number of benzene rings is 3. The zero-order chi connectivity index (χ0) is 22.4. The van der Waals surface area contributed by atoms with Crippen LogP contribution in [0.5, 0.6) is 5.75 Å². The smallest absolute Gasteiger partial charge is 0.473 e. The summed E-state index contributed by atoms with van der Waals surface area (Å²) < 4.78 is 45.2. The van der Waals surface area contributed by atoms with Crippen molar-refractivity contribution in [2.24, 2.45) is 5.10 Å². The molecular formula is C24H21F3N2O2. The zero-order valence-electron chi connectivity index (χ0n) is 17.1. The fourth-order valence-corrected chi connectivity index (χ4v) is 2.94. The molecule has 31 heavy (non-hydrogen) atoms. The second-order valence-corrected chi connectivity index (χ2v) is 7.00. The Morgan fingerprint density at radius 2 is 1.74 bits per heavy atom. The maximum absolute atomic E-state index is 13.2. The Labute approximate surface area is 178 Å². The number of halogens is 3. The highest BCUT2D eigenvalue weighted by atomic mass is 19.4. The predicted octanol–water partition coefficient (Wildman–Crippen LogP) is 5.81. The molecule has 0 aromatic heterocycles. The van der Waals surface area contributed by atoms with Gasteiger partial charge >= 0.3 is 12.1 Å². The van der Waals surface area contributed by atoms with Gasteiger partial charge in [-0.25, -0.2) is 0 Å². The molecule has 0 fully saturated rings. The van der Waals surface area contributed by atoms with Gasteiger partial charge in [0, 0.05) is 0 Å². The zero-order valence-corrected chi connectivity index (χ0v) is 17.1. The number of rotatable bonds is 6. The molecule has 160 valence electrons. The number of amides is 1. The van der Waals surface area contributed by atoms with Crippen LogP contribution in [0.1, 0.15) is 22.3 Å². The SMILES string of the molecule is Cc1ccc(N(/N=C/c2cccc(OCc3ccccc3)c2)C(=O)C(F)(F)F)c(C)c1. The highest BCUT2D eigenvalue weighted by molar-refractivity contribution is 5.99. The predicted molar refractivity (Wildman–Crippen MR) is 114 cm³/mol. The van der Waals surface area contributed by atoms with Crippen LogP contribution >= 0.6 is 0 Å². The van der Waals surface area contributed by atoms with Crippen LogP contribution in [0, 0.1) is 13.8 Å². The van der Waals surface area contributed by atoms with Crippen LogP contribution in [-0.4, -0.2) is 18.3 Å². The average Bonchev–Trinajstić information content (AvgIpc) is 2.74. The average molecular weight is 426 g/mol. The molecule has 0 heterocycles. The minimum absolute atomic E-state index is 0.0701. The number of hydrazone groups is 1. The summed E-state index contributed by atoms with van der Waals surface area (Å²) in [4.78, 5) is 12.0. The summed E-state index contributed by atoms with van der Waals surface area (Å²) >= 11 is 0. The first-order valence-electron chi connectivity index (χ1n) is 9.53. The fourth-order valence-electron chi connectivity index (χ4n) is 2.94. The van der Waals surface area contributed by atoms with Crippen LogP contribution in [0.3, 0.4) is 0 Å². The van der Waals surface area contributed by atoms with E-state index in [0.29, 0.717) is 28.5 Å². The van der Waals surface area contributed by atoms with Crippen molar-refractivity contribution in [3.63, 3.8) is 0 Å². The van der Waals surface area contributed by atoms with Gasteiger partial charge in [0.2, 0.25) is 0 Å². The summed E-state index contributed by atoms with van der Waals surface area (Å²) in [6, 6.07) is 21.1. The summed E-state index contributed by atoms with van der Waals surface area (Å²) in [7, 11) is 0. The lowest BCUT2D eigenvalue weighted by molar-refractivity contribution is -0.170. The lowest BCUT2D eigenvalue weighted by Gasteiger charge is -2.20. The van der Waals surface area contributed by atoms with E-state index in [-0.39, 0.29) is 5.69 Å². The lowest BCUT2D eigenvalue weighted by atomic mass is 10.1. The number of ether oxygens (including phenoxy) is 1. The maximum Gasteiger partial charge on any atom is 0.473 e. The fraction of sp³-hybridized carbons (Fsp3) is 0.167. The van der Waals surface area contributed by atoms with Crippen molar-refractivity contribution >= 4 is 17.8 Å². The van der Waals surface area contributed by atoms with Gasteiger partial charge in [-0.05, 0) is 48.7 Å². The van der Waals surface area contributed by atoms with E-state index in [4.69, 9.17) is 4.74 Å². The molecule has 0 unspecified atom stereocenters. The molecule has 1 amide bonds. The number of nitrogens with zero attached hydrogens (tertiary/aromatic N) is 2. The van der Waals surface area contributed by atoms with Crippen molar-refractivity contribution in [1.82, 2.24) is 0 Å². The molecule has 0 atom stereocenters. The van der Waals surface area contributed by atoms with Crippen LogP contribution in [0.2, 0.25) is 0 Å². The normalized spacial score (nSPS) is 11.5. The molecule has 4 nitrogen and oxygen atoms in total. The van der Waals surface area contributed by atoms with Crippen LogP contribution < -0.4 is 9.75 Å². The molecule has 0 aliphatic carbocycles. The van der Waals surface area contributed by atoms with E-state index < -0.39 is 12.1 Å². The Morgan fingerprint density at radius 3 is 2.42 bits per heavy atom. The van der Waals surface area contributed by atoms with Gasteiger partial charge in [-0.3, -0.25) is 4.79 Å². The monoisotopic (exact) mass is 426 g/mol. The van der Waals surface area contributed by atoms with Crippen LogP contribution in [-0.2, 0) is 11.4 Å². The van der Waals surface area contributed by atoms with Crippen molar-refractivity contribution in [3.05, 3.63) is 95.1 Å². The Hall–Kier alpha value is -3.61. The minimum Gasteiger partial charge on any atom is -0.489 e. The molecular weight excluding hydrogens is 405 g/mol. The summed E-state index contributed by atoms with van der Waals surface area (Å²) in [6.07, 6.45) is -3.85. The largest absolute Gasteiger partial charge is 0.489 e. The van der Waals surface area contributed by atoms with Gasteiger partial charge in [0.15, 0.2) is 0 Å². The van der Waals surface area contributed by atoms with E-state index >= 15 is 0 Å². The molecule has 3 aromatic rings. The third kappa shape index (κ3) is 5.94. The number of carbonyl (C=O) groups is 1. The molecule has 0 bridgehead atoms. The van der Waals surface area contributed by atoms with E-state index in [2.05, 4.69) is 5.10 Å². The van der Waals surface area contributed by atoms with E-state index in [0.717, 1.165) is 11.1 Å². The summed E-state index contributed by atoms with van der Waals surface area (Å²) in [6.45, 7) is 3.80. The Kier molecular flexibility index (Phi) is 6.74.